The topological polar surface area (TPSA) is 20.2 Å². The molecule has 0 aromatic heterocycles. The van der Waals surface area contributed by atoms with Gasteiger partial charge in [-0.3, -0.25) is 0 Å². The molecule has 31 heavy (non-hydrogen) atoms. The Labute approximate surface area is 192 Å². The number of aliphatic hydroxyl groups excluding tert-OH is 1. The fourth-order valence-corrected chi connectivity index (χ4v) is 11.4. The normalized spacial score (nSPS) is 55.2. The van der Waals surface area contributed by atoms with Crippen molar-refractivity contribution in [2.75, 3.05) is 0 Å². The summed E-state index contributed by atoms with van der Waals surface area (Å²) in [6.45, 7) is 20.5. The van der Waals surface area contributed by atoms with E-state index < -0.39 is 0 Å². The maximum atomic E-state index is 10.9. The maximum Gasteiger partial charge on any atom is 0.0594 e. The second-order valence-corrected chi connectivity index (χ2v) is 15.0. The van der Waals surface area contributed by atoms with E-state index >= 15 is 0 Å². The first-order chi connectivity index (χ1) is 14.2. The standard InChI is InChI=1S/C30H50O/c1-25(2)15-9-16-27(5)20(25)12-18-29(7)22(27)10-11-23-28(6)17-14-24(31)26(3,4)21(28)13-19-30(23,29)8/h12,21-24,31H,9-11,13-19H2,1-8H3/t21-,22+,23-,24-,27-,28-,29+,30+/m0/s1. The Hall–Kier alpha value is -0.300. The molecule has 0 amide bonds. The van der Waals surface area contributed by atoms with Crippen LogP contribution in [0.5, 0.6) is 0 Å². The van der Waals surface area contributed by atoms with Crippen LogP contribution in [0.1, 0.15) is 120 Å². The van der Waals surface area contributed by atoms with Gasteiger partial charge in [-0.1, -0.05) is 73.5 Å². The highest BCUT2D eigenvalue weighted by Gasteiger charge is 2.69. The SMILES string of the molecule is CC1(C)CCC[C@@]2(C)C1=CC[C@]1(C)[C@@H]2CC[C@H]2[C@@]3(C)CC[C@H](O)C(C)(C)[C@@H]3CC[C@]21C. The lowest BCUT2D eigenvalue weighted by molar-refractivity contribution is -0.237. The first kappa shape index (κ1) is 22.5. The molecule has 8 atom stereocenters. The molecule has 0 unspecified atom stereocenters. The first-order valence-corrected chi connectivity index (χ1v) is 13.6. The molecule has 0 saturated heterocycles. The highest BCUT2D eigenvalue weighted by molar-refractivity contribution is 5.32. The molecular weight excluding hydrogens is 376 g/mol. The number of allylic oxidation sites excluding steroid dienone is 2. The van der Waals surface area contributed by atoms with Gasteiger partial charge in [-0.25, -0.2) is 0 Å². The molecule has 0 aromatic rings. The second-order valence-electron chi connectivity index (χ2n) is 15.0. The van der Waals surface area contributed by atoms with Crippen molar-refractivity contribution in [3.63, 3.8) is 0 Å². The Bertz CT molecular complexity index is 790. The van der Waals surface area contributed by atoms with Crippen molar-refractivity contribution in [3.05, 3.63) is 11.6 Å². The molecule has 0 radical (unpaired) electrons. The van der Waals surface area contributed by atoms with E-state index in [1.54, 1.807) is 0 Å². The number of hydrogen-bond acceptors (Lipinski definition) is 1. The minimum absolute atomic E-state index is 0.0606. The zero-order valence-corrected chi connectivity index (χ0v) is 21.9. The molecule has 0 aliphatic heterocycles. The van der Waals surface area contributed by atoms with Crippen molar-refractivity contribution in [2.24, 2.45) is 50.2 Å². The van der Waals surface area contributed by atoms with Crippen LogP contribution in [0.4, 0.5) is 0 Å². The van der Waals surface area contributed by atoms with E-state index in [-0.39, 0.29) is 11.5 Å². The zero-order valence-electron chi connectivity index (χ0n) is 21.9. The van der Waals surface area contributed by atoms with E-state index in [9.17, 15) is 5.11 Å². The molecule has 1 heteroatoms. The van der Waals surface area contributed by atoms with Crippen LogP contribution in [0.3, 0.4) is 0 Å². The van der Waals surface area contributed by atoms with Crippen LogP contribution in [0.2, 0.25) is 0 Å². The molecule has 176 valence electrons. The zero-order chi connectivity index (χ0) is 22.7. The van der Waals surface area contributed by atoms with Gasteiger partial charge in [0.25, 0.3) is 0 Å². The summed E-state index contributed by atoms with van der Waals surface area (Å²) in [5.74, 6) is 2.31. The fraction of sp³-hybridized carbons (Fsp3) is 0.933. The van der Waals surface area contributed by atoms with Crippen molar-refractivity contribution in [1.82, 2.24) is 0 Å². The third-order valence-electron chi connectivity index (χ3n) is 13.2. The van der Waals surface area contributed by atoms with Gasteiger partial charge in [0, 0.05) is 0 Å². The van der Waals surface area contributed by atoms with Crippen molar-refractivity contribution >= 4 is 0 Å². The van der Waals surface area contributed by atoms with Gasteiger partial charge in [-0.05, 0) is 108 Å². The highest BCUT2D eigenvalue weighted by atomic mass is 16.3. The number of fused-ring (bicyclic) bond motifs is 7. The van der Waals surface area contributed by atoms with Gasteiger partial charge >= 0.3 is 0 Å². The van der Waals surface area contributed by atoms with Crippen LogP contribution >= 0.6 is 0 Å². The smallest absolute Gasteiger partial charge is 0.0594 e. The highest BCUT2D eigenvalue weighted by Crippen LogP contribution is 2.77. The summed E-state index contributed by atoms with van der Waals surface area (Å²) in [5, 5.41) is 10.9. The number of hydrogen-bond donors (Lipinski definition) is 1. The molecule has 0 bridgehead atoms. The molecule has 5 aliphatic carbocycles. The molecule has 4 saturated carbocycles. The lowest BCUT2D eigenvalue weighted by Gasteiger charge is -2.73. The van der Waals surface area contributed by atoms with Crippen molar-refractivity contribution in [1.29, 1.82) is 0 Å². The lowest BCUT2D eigenvalue weighted by atomic mass is 9.31. The Balaban J connectivity index is 1.58. The van der Waals surface area contributed by atoms with Crippen LogP contribution in [-0.2, 0) is 0 Å². The molecular formula is C30H50O. The first-order valence-electron chi connectivity index (χ1n) is 13.6. The number of aliphatic hydroxyl groups is 1. The van der Waals surface area contributed by atoms with E-state index in [4.69, 9.17) is 0 Å². The summed E-state index contributed by atoms with van der Waals surface area (Å²) >= 11 is 0. The molecule has 0 aromatic carbocycles. The fourth-order valence-electron chi connectivity index (χ4n) is 11.4. The van der Waals surface area contributed by atoms with Crippen molar-refractivity contribution in [3.8, 4) is 0 Å². The molecule has 0 heterocycles. The summed E-state index contributed by atoms with van der Waals surface area (Å²) in [7, 11) is 0. The minimum atomic E-state index is -0.120. The van der Waals surface area contributed by atoms with Gasteiger partial charge in [0.05, 0.1) is 6.10 Å². The van der Waals surface area contributed by atoms with E-state index in [1.165, 1.54) is 57.8 Å². The minimum Gasteiger partial charge on any atom is -0.393 e. The third kappa shape index (κ3) is 2.60. The molecule has 1 N–H and O–H groups in total. The predicted molar refractivity (Wildman–Crippen MR) is 131 cm³/mol. The van der Waals surface area contributed by atoms with Crippen LogP contribution in [0.15, 0.2) is 11.6 Å². The average molecular weight is 427 g/mol. The Morgan fingerprint density at radius 3 is 2.10 bits per heavy atom. The van der Waals surface area contributed by atoms with Crippen molar-refractivity contribution in [2.45, 2.75) is 126 Å². The summed E-state index contributed by atoms with van der Waals surface area (Å²) < 4.78 is 0. The van der Waals surface area contributed by atoms with Crippen molar-refractivity contribution < 1.29 is 5.11 Å². The molecule has 1 nitrogen and oxygen atoms in total. The Morgan fingerprint density at radius 2 is 1.39 bits per heavy atom. The summed E-state index contributed by atoms with van der Waals surface area (Å²) in [6.07, 6.45) is 15.9. The predicted octanol–water partition coefficient (Wildman–Crippen LogP) is 8.17. The molecule has 4 fully saturated rings. The lowest BCUT2D eigenvalue weighted by Crippen LogP contribution is -2.66. The van der Waals surface area contributed by atoms with Gasteiger partial charge in [0.2, 0.25) is 0 Å². The number of rotatable bonds is 0. The van der Waals surface area contributed by atoms with Gasteiger partial charge in [-0.15, -0.1) is 0 Å². The summed E-state index contributed by atoms with van der Waals surface area (Å²) in [6, 6.07) is 0. The van der Waals surface area contributed by atoms with Gasteiger partial charge in [0.15, 0.2) is 0 Å². The Kier molecular flexibility index (Phi) is 4.66. The quantitative estimate of drug-likeness (QED) is 0.387. The van der Waals surface area contributed by atoms with Gasteiger partial charge in [0.1, 0.15) is 0 Å². The second kappa shape index (κ2) is 6.43. The van der Waals surface area contributed by atoms with Crippen LogP contribution in [0, 0.1) is 50.2 Å². The molecule has 5 aliphatic rings. The molecule has 5 rings (SSSR count). The van der Waals surface area contributed by atoms with Crippen LogP contribution < -0.4 is 0 Å². The van der Waals surface area contributed by atoms with E-state index in [1.807, 2.05) is 5.57 Å². The van der Waals surface area contributed by atoms with E-state index in [0.29, 0.717) is 33.0 Å². The van der Waals surface area contributed by atoms with E-state index in [2.05, 4.69) is 61.5 Å². The summed E-state index contributed by atoms with van der Waals surface area (Å²) in [5.41, 5.74) is 3.90. The average Bonchev–Trinajstić information content (AvgIpc) is 2.65. The van der Waals surface area contributed by atoms with E-state index in [0.717, 1.165) is 18.3 Å². The maximum absolute atomic E-state index is 10.9. The van der Waals surface area contributed by atoms with Crippen LogP contribution in [-0.4, -0.2) is 11.2 Å². The Morgan fingerprint density at radius 1 is 0.710 bits per heavy atom. The third-order valence-corrected chi connectivity index (χ3v) is 13.2. The van der Waals surface area contributed by atoms with Crippen LogP contribution in [0.25, 0.3) is 0 Å². The summed E-state index contributed by atoms with van der Waals surface area (Å²) in [4.78, 5) is 0. The largest absolute Gasteiger partial charge is 0.393 e. The van der Waals surface area contributed by atoms with Gasteiger partial charge < -0.3 is 5.11 Å². The van der Waals surface area contributed by atoms with Gasteiger partial charge in [-0.2, -0.15) is 0 Å². The monoisotopic (exact) mass is 426 g/mol. The molecule has 0 spiro atoms.